The van der Waals surface area contributed by atoms with Gasteiger partial charge in [-0.15, -0.1) is 0 Å². The minimum absolute atomic E-state index is 0.106. The van der Waals surface area contributed by atoms with Crippen LogP contribution in [0.5, 0.6) is 0 Å². The number of anilines is 1. The van der Waals surface area contributed by atoms with E-state index in [2.05, 4.69) is 10.2 Å². The Morgan fingerprint density at radius 1 is 0.838 bits per heavy atom. The molecule has 1 aromatic rings. The van der Waals surface area contributed by atoms with Crippen LogP contribution in [0.15, 0.2) is 18.2 Å². The minimum atomic E-state index is -0.952. The summed E-state index contributed by atoms with van der Waals surface area (Å²) in [6.07, 6.45) is 6.47. The Balaban J connectivity index is 1.16. The highest BCUT2D eigenvalue weighted by molar-refractivity contribution is 6.23. The van der Waals surface area contributed by atoms with Crippen molar-refractivity contribution in [2.45, 2.75) is 75.9 Å². The van der Waals surface area contributed by atoms with Crippen LogP contribution in [-0.2, 0) is 23.8 Å². The van der Waals surface area contributed by atoms with Gasteiger partial charge in [0, 0.05) is 45.3 Å². The Kier molecular flexibility index (Phi) is 7.60. The maximum absolute atomic E-state index is 13.1. The van der Waals surface area contributed by atoms with E-state index in [1.165, 1.54) is 0 Å². The van der Waals surface area contributed by atoms with Crippen molar-refractivity contribution in [1.82, 2.24) is 10.2 Å². The lowest BCUT2D eigenvalue weighted by molar-refractivity contribution is -0.153. The molecule has 37 heavy (non-hydrogen) atoms. The summed E-state index contributed by atoms with van der Waals surface area (Å²) in [5.74, 6) is -1.53. The molecule has 1 aliphatic carbocycles. The Labute approximate surface area is 216 Å². The van der Waals surface area contributed by atoms with Crippen LogP contribution in [0, 0.1) is 5.92 Å². The maximum atomic E-state index is 13.1. The first-order valence-corrected chi connectivity index (χ1v) is 13.2. The van der Waals surface area contributed by atoms with Gasteiger partial charge in [0.15, 0.2) is 6.29 Å². The Morgan fingerprint density at radius 3 is 2.14 bits per heavy atom. The summed E-state index contributed by atoms with van der Waals surface area (Å²) < 4.78 is 17.3. The number of ether oxygens (including phenoxy) is 3. The lowest BCUT2D eigenvalue weighted by Gasteiger charge is -2.37. The van der Waals surface area contributed by atoms with Crippen LogP contribution >= 0.6 is 0 Å². The van der Waals surface area contributed by atoms with E-state index in [0.717, 1.165) is 62.2 Å². The van der Waals surface area contributed by atoms with E-state index in [4.69, 9.17) is 14.2 Å². The van der Waals surface area contributed by atoms with E-state index >= 15 is 0 Å². The maximum Gasteiger partial charge on any atom is 0.262 e. The van der Waals surface area contributed by atoms with Gasteiger partial charge in [-0.05, 0) is 63.1 Å². The zero-order valence-electron chi connectivity index (χ0n) is 21.4. The summed E-state index contributed by atoms with van der Waals surface area (Å²) in [6.45, 7) is 1.60. The van der Waals surface area contributed by atoms with E-state index in [1.54, 1.807) is 26.4 Å². The average molecular weight is 514 g/mol. The largest absolute Gasteiger partial charge is 0.375 e. The molecule has 2 saturated heterocycles. The minimum Gasteiger partial charge on any atom is -0.375 e. The smallest absolute Gasteiger partial charge is 0.262 e. The van der Waals surface area contributed by atoms with E-state index in [0.29, 0.717) is 17.0 Å². The first-order chi connectivity index (χ1) is 17.9. The van der Waals surface area contributed by atoms with Crippen molar-refractivity contribution in [2.75, 3.05) is 32.2 Å². The zero-order chi connectivity index (χ0) is 26.1. The molecule has 1 unspecified atom stereocenters. The standard InChI is InChI=1S/C27H35N3O7/c1-35-27(36-2)16-3-6-18(7-4-16)37-19-11-13-29(14-12-19)17-5-8-20-21(15-17)26(34)30(25(20)33)22-9-10-23(31)28-24(22)32/h5,8,15-16,18-19,22,27H,3-4,6-7,9-14H2,1-2H3,(H,28,31,32). The molecule has 200 valence electrons. The number of piperidine rings is 2. The van der Waals surface area contributed by atoms with Crippen molar-refractivity contribution in [1.29, 1.82) is 0 Å². The molecule has 0 aromatic heterocycles. The van der Waals surface area contributed by atoms with Crippen LogP contribution in [0.4, 0.5) is 5.69 Å². The molecule has 10 heteroatoms. The summed E-state index contributed by atoms with van der Waals surface area (Å²) in [5, 5.41) is 2.23. The van der Waals surface area contributed by atoms with Crippen molar-refractivity contribution >= 4 is 29.3 Å². The number of hydrogen-bond donors (Lipinski definition) is 1. The third kappa shape index (κ3) is 5.15. The summed E-state index contributed by atoms with van der Waals surface area (Å²) in [5.41, 5.74) is 1.50. The molecule has 0 radical (unpaired) electrons. The number of fused-ring (bicyclic) bond motifs is 1. The van der Waals surface area contributed by atoms with Gasteiger partial charge in [0.2, 0.25) is 11.8 Å². The molecule has 4 amide bonds. The number of nitrogens with zero attached hydrogens (tertiary/aromatic N) is 2. The van der Waals surface area contributed by atoms with E-state index in [-0.39, 0.29) is 37.2 Å². The molecular formula is C27H35N3O7. The first kappa shape index (κ1) is 25.8. The van der Waals surface area contributed by atoms with Crippen LogP contribution < -0.4 is 10.2 Å². The van der Waals surface area contributed by atoms with E-state index in [9.17, 15) is 19.2 Å². The number of amides is 4. The summed E-state index contributed by atoms with van der Waals surface area (Å²) >= 11 is 0. The van der Waals surface area contributed by atoms with Gasteiger partial charge in [0.05, 0.1) is 23.3 Å². The number of carbonyl (C=O) groups excluding carboxylic acids is 4. The molecule has 3 aliphatic heterocycles. The fourth-order valence-electron chi connectivity index (χ4n) is 6.16. The van der Waals surface area contributed by atoms with Crippen molar-refractivity contribution in [2.24, 2.45) is 5.92 Å². The van der Waals surface area contributed by atoms with Gasteiger partial charge in [0.1, 0.15) is 6.04 Å². The van der Waals surface area contributed by atoms with Gasteiger partial charge in [-0.1, -0.05) is 0 Å². The molecule has 3 heterocycles. The Bertz CT molecular complexity index is 1060. The second-order valence-corrected chi connectivity index (χ2v) is 10.4. The number of nitrogens with one attached hydrogen (secondary N) is 1. The number of rotatable bonds is 7. The van der Waals surface area contributed by atoms with Gasteiger partial charge in [-0.2, -0.15) is 0 Å². The van der Waals surface area contributed by atoms with E-state index in [1.807, 2.05) is 6.07 Å². The van der Waals surface area contributed by atoms with Crippen LogP contribution in [-0.4, -0.2) is 80.4 Å². The summed E-state index contributed by atoms with van der Waals surface area (Å²) in [6, 6.07) is 4.34. The third-order valence-corrected chi connectivity index (χ3v) is 8.18. The predicted octanol–water partition coefficient (Wildman–Crippen LogP) is 2.25. The molecule has 0 spiro atoms. The molecule has 1 aromatic carbocycles. The molecular weight excluding hydrogens is 478 g/mol. The number of carbonyl (C=O) groups is 4. The molecule has 1 atom stereocenters. The van der Waals surface area contributed by atoms with Gasteiger partial charge in [0.25, 0.3) is 11.8 Å². The van der Waals surface area contributed by atoms with Crippen molar-refractivity contribution in [3.63, 3.8) is 0 Å². The van der Waals surface area contributed by atoms with Gasteiger partial charge in [-0.25, -0.2) is 0 Å². The number of hydrogen-bond acceptors (Lipinski definition) is 8. The molecule has 3 fully saturated rings. The average Bonchev–Trinajstić information content (AvgIpc) is 3.15. The monoisotopic (exact) mass is 513 g/mol. The van der Waals surface area contributed by atoms with Crippen LogP contribution in [0.2, 0.25) is 0 Å². The van der Waals surface area contributed by atoms with Crippen LogP contribution in [0.1, 0.15) is 72.1 Å². The lowest BCUT2D eigenvalue weighted by Crippen LogP contribution is -2.54. The topological polar surface area (TPSA) is 114 Å². The Hall–Kier alpha value is -2.82. The normalized spacial score (nSPS) is 27.2. The fraction of sp³-hybridized carbons (Fsp3) is 0.630. The number of methoxy groups -OCH3 is 2. The second-order valence-electron chi connectivity index (χ2n) is 10.4. The summed E-state index contributed by atoms with van der Waals surface area (Å²) in [4.78, 5) is 53.1. The van der Waals surface area contributed by atoms with Gasteiger partial charge < -0.3 is 19.1 Å². The van der Waals surface area contributed by atoms with Gasteiger partial charge in [-0.3, -0.25) is 29.4 Å². The number of imide groups is 2. The molecule has 5 rings (SSSR count). The molecule has 1 saturated carbocycles. The Morgan fingerprint density at radius 2 is 1.49 bits per heavy atom. The predicted molar refractivity (Wildman–Crippen MR) is 133 cm³/mol. The number of benzene rings is 1. The molecule has 4 aliphatic rings. The SMILES string of the molecule is COC(OC)C1CCC(OC2CCN(c3ccc4c(c3)C(=O)N(C3CCC(=O)NC3=O)C4=O)CC2)CC1. The van der Waals surface area contributed by atoms with Crippen LogP contribution in [0.3, 0.4) is 0 Å². The highest BCUT2D eigenvalue weighted by atomic mass is 16.7. The van der Waals surface area contributed by atoms with Crippen molar-refractivity contribution in [3.8, 4) is 0 Å². The zero-order valence-corrected chi connectivity index (χ0v) is 21.4. The van der Waals surface area contributed by atoms with Crippen molar-refractivity contribution in [3.05, 3.63) is 29.3 Å². The highest BCUT2D eigenvalue weighted by Gasteiger charge is 2.44. The summed E-state index contributed by atoms with van der Waals surface area (Å²) in [7, 11) is 3.38. The van der Waals surface area contributed by atoms with Crippen LogP contribution in [0.25, 0.3) is 0 Å². The van der Waals surface area contributed by atoms with E-state index < -0.39 is 23.8 Å². The van der Waals surface area contributed by atoms with Gasteiger partial charge >= 0.3 is 0 Å². The lowest BCUT2D eigenvalue weighted by atomic mass is 9.86. The second kappa shape index (κ2) is 10.9. The first-order valence-electron chi connectivity index (χ1n) is 13.2. The fourth-order valence-corrected chi connectivity index (χ4v) is 6.16. The molecule has 1 N–H and O–H groups in total. The third-order valence-electron chi connectivity index (χ3n) is 8.18. The molecule has 10 nitrogen and oxygen atoms in total. The quantitative estimate of drug-likeness (QED) is 0.436. The van der Waals surface area contributed by atoms with Crippen molar-refractivity contribution < 1.29 is 33.4 Å². The highest BCUT2D eigenvalue weighted by Crippen LogP contribution is 2.34. The molecule has 0 bridgehead atoms.